The van der Waals surface area contributed by atoms with Gasteiger partial charge in [-0.3, -0.25) is 4.79 Å². The summed E-state index contributed by atoms with van der Waals surface area (Å²) in [5.74, 6) is -1.37. The van der Waals surface area contributed by atoms with E-state index in [2.05, 4.69) is 11.4 Å². The van der Waals surface area contributed by atoms with E-state index < -0.39 is 23.1 Å². The van der Waals surface area contributed by atoms with Crippen LogP contribution in [0.4, 0.5) is 9.39 Å². The minimum atomic E-state index is -0.691. The summed E-state index contributed by atoms with van der Waals surface area (Å²) < 4.78 is 18.5. The number of halogens is 1. The van der Waals surface area contributed by atoms with Crippen LogP contribution in [0.15, 0.2) is 54.6 Å². The number of amides is 1. The van der Waals surface area contributed by atoms with E-state index in [9.17, 15) is 19.2 Å². The number of hydrogen-bond acceptors (Lipinski definition) is 5. The van der Waals surface area contributed by atoms with E-state index >= 15 is 0 Å². The first-order chi connectivity index (χ1) is 15.5. The van der Waals surface area contributed by atoms with Crippen LogP contribution >= 0.6 is 11.3 Å². The van der Waals surface area contributed by atoms with Crippen molar-refractivity contribution in [2.75, 3.05) is 11.9 Å². The van der Waals surface area contributed by atoms with Gasteiger partial charge in [-0.1, -0.05) is 30.3 Å². The van der Waals surface area contributed by atoms with Gasteiger partial charge in [-0.05, 0) is 55.2 Å². The maximum atomic E-state index is 13.2. The number of benzene rings is 2. The van der Waals surface area contributed by atoms with Gasteiger partial charge in [0.2, 0.25) is 0 Å². The normalized spacial score (nSPS) is 17.2. The molecule has 1 amide bonds. The van der Waals surface area contributed by atoms with Crippen LogP contribution in [-0.2, 0) is 23.0 Å². The number of nitrogens with zero attached hydrogens (tertiary/aromatic N) is 1. The smallest absolute Gasteiger partial charge is 0.341 e. The molecule has 0 radical (unpaired) electrons. The minimum absolute atomic E-state index is 0.209. The van der Waals surface area contributed by atoms with Crippen molar-refractivity contribution in [3.05, 3.63) is 87.5 Å². The molecule has 0 saturated carbocycles. The molecule has 162 valence electrons. The summed E-state index contributed by atoms with van der Waals surface area (Å²) in [5, 5.41) is 13.3. The molecular weight excluding hydrogens is 427 g/mol. The van der Waals surface area contributed by atoms with Crippen molar-refractivity contribution in [1.82, 2.24) is 0 Å². The molecule has 1 N–H and O–H groups in total. The number of hydrogen-bond donors (Lipinski definition) is 1. The molecule has 0 fully saturated rings. The zero-order valence-electron chi connectivity index (χ0n) is 17.5. The molecule has 32 heavy (non-hydrogen) atoms. The second-order valence-electron chi connectivity index (χ2n) is 7.63. The SMILES string of the molecule is CCOC(=O)c1c(NC(=O)c2ccc(F)cc2)sc2c1CCC(C#N)(c1ccccc1)C2. The predicted octanol–water partition coefficient (Wildman–Crippen LogP) is 5.27. The molecule has 4 rings (SSSR count). The van der Waals surface area contributed by atoms with Gasteiger partial charge < -0.3 is 10.1 Å². The van der Waals surface area contributed by atoms with Crippen LogP contribution in [-0.4, -0.2) is 18.5 Å². The highest BCUT2D eigenvalue weighted by atomic mass is 32.1. The fraction of sp³-hybridized carbons (Fsp3) is 0.240. The lowest BCUT2D eigenvalue weighted by Crippen LogP contribution is -2.31. The summed E-state index contributed by atoms with van der Waals surface area (Å²) >= 11 is 1.30. The van der Waals surface area contributed by atoms with Gasteiger partial charge in [0.15, 0.2) is 0 Å². The first-order valence-corrected chi connectivity index (χ1v) is 11.1. The summed E-state index contributed by atoms with van der Waals surface area (Å²) in [6.45, 7) is 1.94. The Balaban J connectivity index is 1.72. The third-order valence-corrected chi connectivity index (χ3v) is 6.86. The van der Waals surface area contributed by atoms with Crippen LogP contribution in [0.1, 0.15) is 50.1 Å². The Morgan fingerprint density at radius 2 is 1.91 bits per heavy atom. The van der Waals surface area contributed by atoms with Gasteiger partial charge in [0.25, 0.3) is 5.91 Å². The lowest BCUT2D eigenvalue weighted by Gasteiger charge is -2.31. The fourth-order valence-corrected chi connectivity index (χ4v) is 5.41. The lowest BCUT2D eigenvalue weighted by atomic mass is 9.70. The zero-order valence-corrected chi connectivity index (χ0v) is 18.3. The molecule has 2 aromatic carbocycles. The van der Waals surface area contributed by atoms with Crippen molar-refractivity contribution >= 4 is 28.2 Å². The van der Waals surface area contributed by atoms with Gasteiger partial charge in [0, 0.05) is 16.9 Å². The number of anilines is 1. The number of esters is 1. The van der Waals surface area contributed by atoms with Gasteiger partial charge in [0.1, 0.15) is 10.8 Å². The molecule has 7 heteroatoms. The molecule has 1 aliphatic rings. The molecule has 1 aromatic heterocycles. The second kappa shape index (κ2) is 8.93. The molecule has 0 spiro atoms. The molecule has 1 heterocycles. The maximum absolute atomic E-state index is 13.2. The average Bonchev–Trinajstić information content (AvgIpc) is 3.16. The quantitative estimate of drug-likeness (QED) is 0.540. The molecule has 0 aliphatic heterocycles. The summed E-state index contributed by atoms with van der Waals surface area (Å²) in [5.41, 5.74) is 1.70. The van der Waals surface area contributed by atoms with Crippen LogP contribution in [0, 0.1) is 17.1 Å². The van der Waals surface area contributed by atoms with E-state index in [4.69, 9.17) is 4.74 Å². The van der Waals surface area contributed by atoms with Crippen molar-refractivity contribution in [2.45, 2.75) is 31.6 Å². The highest BCUT2D eigenvalue weighted by Gasteiger charge is 2.40. The summed E-state index contributed by atoms with van der Waals surface area (Å²) in [6.07, 6.45) is 1.54. The van der Waals surface area contributed by atoms with Gasteiger partial charge in [-0.2, -0.15) is 5.26 Å². The average molecular weight is 449 g/mol. The zero-order chi connectivity index (χ0) is 22.7. The molecule has 1 atom stereocenters. The number of ether oxygens (including phenoxy) is 1. The fourth-order valence-electron chi connectivity index (χ4n) is 4.07. The monoisotopic (exact) mass is 448 g/mol. The Morgan fingerprint density at radius 1 is 1.19 bits per heavy atom. The van der Waals surface area contributed by atoms with Gasteiger partial charge >= 0.3 is 5.97 Å². The standard InChI is InChI=1S/C25H21FN2O3S/c1-2-31-24(30)21-19-12-13-25(15-27,17-6-4-3-5-7-17)14-20(19)32-23(21)28-22(29)16-8-10-18(26)11-9-16/h3-11H,2,12-14H2,1H3,(H,28,29). The third-order valence-electron chi connectivity index (χ3n) is 5.71. The predicted molar refractivity (Wildman–Crippen MR) is 120 cm³/mol. The van der Waals surface area contributed by atoms with Crippen LogP contribution in [0.5, 0.6) is 0 Å². The molecule has 1 aliphatic carbocycles. The molecule has 1 unspecified atom stereocenters. The molecular formula is C25H21FN2O3S. The highest BCUT2D eigenvalue weighted by molar-refractivity contribution is 7.17. The minimum Gasteiger partial charge on any atom is -0.462 e. The Morgan fingerprint density at radius 3 is 2.56 bits per heavy atom. The number of nitrogens with one attached hydrogen (secondary N) is 1. The van der Waals surface area contributed by atoms with Crippen molar-refractivity contribution < 1.29 is 18.7 Å². The number of rotatable bonds is 5. The highest BCUT2D eigenvalue weighted by Crippen LogP contribution is 2.45. The van der Waals surface area contributed by atoms with Crippen LogP contribution in [0.25, 0.3) is 0 Å². The summed E-state index contributed by atoms with van der Waals surface area (Å²) in [7, 11) is 0. The topological polar surface area (TPSA) is 79.2 Å². The summed E-state index contributed by atoms with van der Waals surface area (Å²) in [6, 6.07) is 17.3. The summed E-state index contributed by atoms with van der Waals surface area (Å²) in [4.78, 5) is 26.4. The van der Waals surface area contributed by atoms with Crippen molar-refractivity contribution in [1.29, 1.82) is 5.26 Å². The number of carbonyl (C=O) groups is 2. The van der Waals surface area contributed by atoms with E-state index in [-0.39, 0.29) is 12.2 Å². The number of carbonyl (C=O) groups excluding carboxylic acids is 2. The Kier molecular flexibility index (Phi) is 6.06. The number of thiophene rings is 1. The molecule has 3 aromatic rings. The van der Waals surface area contributed by atoms with Gasteiger partial charge in [-0.25, -0.2) is 9.18 Å². The van der Waals surface area contributed by atoms with Gasteiger partial charge in [0.05, 0.1) is 23.7 Å². The maximum Gasteiger partial charge on any atom is 0.341 e. The van der Waals surface area contributed by atoms with Crippen LogP contribution in [0.2, 0.25) is 0 Å². The molecule has 5 nitrogen and oxygen atoms in total. The Hall–Kier alpha value is -3.50. The Bertz CT molecular complexity index is 1200. The first-order valence-electron chi connectivity index (χ1n) is 10.3. The lowest BCUT2D eigenvalue weighted by molar-refractivity contribution is 0.0526. The van der Waals surface area contributed by atoms with Gasteiger partial charge in [-0.15, -0.1) is 11.3 Å². The van der Waals surface area contributed by atoms with E-state index in [1.165, 1.54) is 35.6 Å². The van der Waals surface area contributed by atoms with Crippen molar-refractivity contribution in [3.63, 3.8) is 0 Å². The molecule has 0 bridgehead atoms. The van der Waals surface area contributed by atoms with Crippen LogP contribution in [0.3, 0.4) is 0 Å². The van der Waals surface area contributed by atoms with Crippen molar-refractivity contribution in [2.24, 2.45) is 0 Å². The van der Waals surface area contributed by atoms with E-state index in [0.717, 1.165) is 16.0 Å². The van der Waals surface area contributed by atoms with E-state index in [0.29, 0.717) is 29.8 Å². The number of nitriles is 1. The number of fused-ring (bicyclic) bond motifs is 1. The largest absolute Gasteiger partial charge is 0.462 e. The molecule has 0 saturated heterocycles. The van der Waals surface area contributed by atoms with Crippen molar-refractivity contribution in [3.8, 4) is 6.07 Å². The van der Waals surface area contributed by atoms with E-state index in [1.807, 2.05) is 30.3 Å². The second-order valence-corrected chi connectivity index (χ2v) is 8.73. The third kappa shape index (κ3) is 4.02. The first kappa shape index (κ1) is 21.7. The van der Waals surface area contributed by atoms with E-state index in [1.54, 1.807) is 6.92 Å². The Labute approximate surface area is 189 Å². The van der Waals surface area contributed by atoms with Crippen LogP contribution < -0.4 is 5.32 Å².